The predicted molar refractivity (Wildman–Crippen MR) is 112 cm³/mol. The van der Waals surface area contributed by atoms with Crippen molar-refractivity contribution in [3.8, 4) is 0 Å². The van der Waals surface area contributed by atoms with E-state index in [0.717, 1.165) is 0 Å². The minimum absolute atomic E-state index is 0.0341. The number of hydrogen-bond donors (Lipinski definition) is 0. The van der Waals surface area contributed by atoms with Gasteiger partial charge in [0.15, 0.2) is 29.1 Å². The molecule has 168 valence electrons. The van der Waals surface area contributed by atoms with E-state index in [1.807, 2.05) is 11.8 Å². The lowest BCUT2D eigenvalue weighted by Gasteiger charge is -2.38. The van der Waals surface area contributed by atoms with E-state index in [1.165, 1.54) is 0 Å². The van der Waals surface area contributed by atoms with Crippen molar-refractivity contribution in [2.24, 2.45) is 0 Å². The molecule has 0 radical (unpaired) electrons. The molecule has 0 saturated heterocycles. The van der Waals surface area contributed by atoms with E-state index < -0.39 is 45.8 Å². The summed E-state index contributed by atoms with van der Waals surface area (Å²) in [5.74, 6) is -12.1. The van der Waals surface area contributed by atoms with Gasteiger partial charge in [-0.25, -0.2) is 22.0 Å². The Morgan fingerprint density at radius 1 is 0.750 bits per heavy atom. The van der Waals surface area contributed by atoms with Crippen molar-refractivity contribution >= 4 is 5.78 Å². The Morgan fingerprint density at radius 2 is 1.12 bits per heavy atom. The topological polar surface area (TPSA) is 20.3 Å². The molecule has 0 aliphatic heterocycles. The maximum atomic E-state index is 14.8. The van der Waals surface area contributed by atoms with Crippen LogP contribution in [0.2, 0.25) is 0 Å². The molecule has 7 heteroatoms. The van der Waals surface area contributed by atoms with E-state index in [9.17, 15) is 26.7 Å². The van der Waals surface area contributed by atoms with Crippen molar-refractivity contribution < 1.29 is 26.7 Å². The number of nitrogens with zero attached hydrogens (tertiary/aromatic N) is 1. The second-order valence-electron chi connectivity index (χ2n) is 7.93. The molecule has 2 nitrogen and oxygen atoms in total. The molecule has 0 aliphatic carbocycles. The van der Waals surface area contributed by atoms with Gasteiger partial charge < -0.3 is 4.90 Å². The second-order valence-corrected chi connectivity index (χ2v) is 7.93. The average Bonchev–Trinajstić information content (AvgIpc) is 2.80. The molecule has 0 heterocycles. The van der Waals surface area contributed by atoms with Crippen LogP contribution in [-0.4, -0.2) is 30.8 Å². The van der Waals surface area contributed by atoms with Crippen LogP contribution in [0.25, 0.3) is 0 Å². The van der Waals surface area contributed by atoms with Gasteiger partial charge in [-0.3, -0.25) is 4.79 Å². The second kappa shape index (κ2) is 9.20. The summed E-state index contributed by atoms with van der Waals surface area (Å²) < 4.78 is 71.2. The lowest BCUT2D eigenvalue weighted by atomic mass is 9.66. The molecule has 0 unspecified atom stereocenters. The van der Waals surface area contributed by atoms with E-state index >= 15 is 0 Å². The summed E-state index contributed by atoms with van der Waals surface area (Å²) in [6, 6.07) is 16.2. The number of ketones is 1. The van der Waals surface area contributed by atoms with Crippen molar-refractivity contribution in [3.05, 3.63) is 106 Å². The largest absolute Gasteiger partial charge is 0.307 e. The number of rotatable bonds is 7. The first-order valence-corrected chi connectivity index (χ1v) is 9.96. The molecule has 0 N–H and O–H groups in total. The molecule has 0 aliphatic rings. The fourth-order valence-corrected chi connectivity index (χ4v) is 3.85. The van der Waals surface area contributed by atoms with Crippen molar-refractivity contribution in [1.82, 2.24) is 4.90 Å². The van der Waals surface area contributed by atoms with E-state index in [2.05, 4.69) is 0 Å². The highest BCUT2D eigenvalue weighted by Gasteiger charge is 2.47. The van der Waals surface area contributed by atoms with Crippen LogP contribution in [-0.2, 0) is 5.41 Å². The molecule has 3 rings (SSSR count). The zero-order valence-corrected chi connectivity index (χ0v) is 17.8. The predicted octanol–water partition coefficient (Wildman–Crippen LogP) is 5.89. The SMILES string of the molecule is C[C@@H](CC(C(=O)c1c(F)c(F)c(F)c(F)c1F)(c1ccccc1)c1ccccc1)N(C)C. The molecule has 0 saturated carbocycles. The van der Waals surface area contributed by atoms with E-state index in [-0.39, 0.29) is 12.5 Å². The molecule has 0 fully saturated rings. The third-order valence-corrected chi connectivity index (χ3v) is 5.84. The van der Waals surface area contributed by atoms with Crippen LogP contribution in [0.1, 0.15) is 34.8 Å². The molecule has 1 atom stereocenters. The van der Waals surface area contributed by atoms with Crippen molar-refractivity contribution in [2.45, 2.75) is 24.8 Å². The number of Topliss-reactive ketones (excluding diaryl/α,β-unsaturated/α-hetero) is 1. The Kier molecular flexibility index (Phi) is 6.79. The first-order valence-electron chi connectivity index (χ1n) is 9.96. The smallest absolute Gasteiger partial charge is 0.200 e. The van der Waals surface area contributed by atoms with Crippen LogP contribution in [0.3, 0.4) is 0 Å². The minimum Gasteiger partial charge on any atom is -0.307 e. The highest BCUT2D eigenvalue weighted by atomic mass is 19.2. The number of carbonyl (C=O) groups excluding carboxylic acids is 1. The fourth-order valence-electron chi connectivity index (χ4n) is 3.85. The molecule has 0 spiro atoms. The Labute approximate surface area is 183 Å². The van der Waals surface area contributed by atoms with E-state index in [4.69, 9.17) is 0 Å². The molecule has 0 amide bonds. The van der Waals surface area contributed by atoms with Crippen molar-refractivity contribution in [2.75, 3.05) is 14.1 Å². The summed E-state index contributed by atoms with van der Waals surface area (Å²) in [5.41, 5.74) is -2.38. The van der Waals surface area contributed by atoms with Crippen LogP contribution in [0, 0.1) is 29.1 Å². The maximum absolute atomic E-state index is 14.8. The van der Waals surface area contributed by atoms with Crippen molar-refractivity contribution in [1.29, 1.82) is 0 Å². The third kappa shape index (κ3) is 3.93. The van der Waals surface area contributed by atoms with Crippen LogP contribution >= 0.6 is 0 Å². The van der Waals surface area contributed by atoms with Gasteiger partial charge in [-0.2, -0.15) is 0 Å². The normalized spacial score (nSPS) is 12.8. The lowest BCUT2D eigenvalue weighted by molar-refractivity contribution is 0.0870. The molecule has 3 aromatic rings. The number of carbonyl (C=O) groups is 1. The average molecular weight is 447 g/mol. The Morgan fingerprint density at radius 3 is 1.50 bits per heavy atom. The minimum atomic E-state index is -2.30. The van der Waals surface area contributed by atoms with Crippen molar-refractivity contribution in [3.63, 3.8) is 0 Å². The van der Waals surface area contributed by atoms with Crippen LogP contribution in [0.15, 0.2) is 60.7 Å². The summed E-state index contributed by atoms with van der Waals surface area (Å²) in [4.78, 5) is 15.7. The zero-order valence-electron chi connectivity index (χ0n) is 17.8. The van der Waals surface area contributed by atoms with Gasteiger partial charge in [0.05, 0.1) is 11.0 Å². The first-order chi connectivity index (χ1) is 15.1. The standard InChI is InChI=1S/C25H22F5NO/c1-15(31(2)3)14-25(16-10-6-4-7-11-16,17-12-8-5-9-13-17)24(32)18-19(26)21(28)23(30)22(29)20(18)27/h4-13,15H,14H2,1-3H3/t15-/m0/s1. The Balaban J connectivity index is 2.41. The van der Waals surface area contributed by atoms with Crippen LogP contribution in [0.5, 0.6) is 0 Å². The quantitative estimate of drug-likeness (QED) is 0.195. The monoisotopic (exact) mass is 447 g/mol. The maximum Gasteiger partial charge on any atom is 0.200 e. The van der Waals surface area contributed by atoms with Gasteiger partial charge in [-0.1, -0.05) is 60.7 Å². The van der Waals surface area contributed by atoms with Gasteiger partial charge >= 0.3 is 0 Å². The summed E-state index contributed by atoms with van der Waals surface area (Å²) in [5, 5.41) is 0. The summed E-state index contributed by atoms with van der Waals surface area (Å²) in [7, 11) is 3.54. The van der Waals surface area contributed by atoms with Gasteiger partial charge in [0.25, 0.3) is 0 Å². The number of benzene rings is 3. The summed E-state index contributed by atoms with van der Waals surface area (Å²) >= 11 is 0. The first kappa shape index (κ1) is 23.6. The Hall–Kier alpha value is -3.06. The van der Waals surface area contributed by atoms with Crippen LogP contribution < -0.4 is 0 Å². The molecule has 0 bridgehead atoms. The van der Waals surface area contributed by atoms with Crippen LogP contribution in [0.4, 0.5) is 22.0 Å². The number of halogens is 5. The highest BCUT2D eigenvalue weighted by Crippen LogP contribution is 2.42. The molecular formula is C25H22F5NO. The number of hydrogen-bond acceptors (Lipinski definition) is 2. The summed E-state index contributed by atoms with van der Waals surface area (Å²) in [6.07, 6.45) is 0.0341. The Bertz CT molecular complexity index is 1050. The fraction of sp³-hybridized carbons (Fsp3) is 0.240. The van der Waals surface area contributed by atoms with E-state index in [1.54, 1.807) is 74.8 Å². The third-order valence-electron chi connectivity index (χ3n) is 5.84. The van der Waals surface area contributed by atoms with Gasteiger partial charge in [-0.05, 0) is 38.6 Å². The molecule has 3 aromatic carbocycles. The lowest BCUT2D eigenvalue weighted by Crippen LogP contribution is -2.44. The van der Waals surface area contributed by atoms with Gasteiger partial charge in [0.2, 0.25) is 5.82 Å². The highest BCUT2D eigenvalue weighted by molar-refractivity contribution is 6.07. The van der Waals surface area contributed by atoms with Gasteiger partial charge in [-0.15, -0.1) is 0 Å². The molecule has 0 aromatic heterocycles. The molecular weight excluding hydrogens is 425 g/mol. The van der Waals surface area contributed by atoms with Gasteiger partial charge in [0.1, 0.15) is 0 Å². The van der Waals surface area contributed by atoms with E-state index in [0.29, 0.717) is 11.1 Å². The molecule has 32 heavy (non-hydrogen) atoms. The zero-order chi connectivity index (χ0) is 23.6. The van der Waals surface area contributed by atoms with Gasteiger partial charge in [0, 0.05) is 6.04 Å². The summed E-state index contributed by atoms with van der Waals surface area (Å²) in [6.45, 7) is 1.81.